The van der Waals surface area contributed by atoms with Gasteiger partial charge >= 0.3 is 0 Å². The molecular formula is C27H18N4O3. The highest BCUT2D eigenvalue weighted by molar-refractivity contribution is 5.79. The van der Waals surface area contributed by atoms with E-state index in [0.717, 1.165) is 33.8 Å². The van der Waals surface area contributed by atoms with Crippen LogP contribution in [0.25, 0.3) is 34.4 Å². The van der Waals surface area contributed by atoms with Crippen LogP contribution in [0, 0.1) is 0 Å². The summed E-state index contributed by atoms with van der Waals surface area (Å²) in [7, 11) is 0. The first-order valence-electron chi connectivity index (χ1n) is 10.6. The monoisotopic (exact) mass is 446 g/mol. The Kier molecular flexibility index (Phi) is 4.97. The second-order valence-electron chi connectivity index (χ2n) is 7.49. The number of benzene rings is 3. The standard InChI is InChI=1S/C27H18N4O3/c1-7-22(8-2-19(1)25-28-13-16-32-25)31(23-9-3-20(4-10-23)26-29-14-17-33-26)24-11-5-21(6-12-24)27-30-15-18-34-27/h1-18H. The maximum Gasteiger partial charge on any atom is 0.225 e. The minimum Gasteiger partial charge on any atom is -0.445 e. The molecule has 0 atom stereocenters. The van der Waals surface area contributed by atoms with Gasteiger partial charge in [0.1, 0.15) is 18.8 Å². The SMILES string of the molecule is c1coc(-c2ccc(N(c3ccc(-c4ncco4)cc3)c3ccc(-c4ncco4)cc3)cc2)n1. The van der Waals surface area contributed by atoms with Crippen LogP contribution in [0.3, 0.4) is 0 Å². The second-order valence-corrected chi connectivity index (χ2v) is 7.49. The summed E-state index contributed by atoms with van der Waals surface area (Å²) >= 11 is 0. The number of hydrogen-bond donors (Lipinski definition) is 0. The number of rotatable bonds is 6. The molecule has 6 rings (SSSR count). The molecule has 0 amide bonds. The molecule has 0 spiro atoms. The Hall–Kier alpha value is -4.91. The van der Waals surface area contributed by atoms with Crippen molar-refractivity contribution >= 4 is 17.1 Å². The first-order chi connectivity index (χ1) is 16.8. The van der Waals surface area contributed by atoms with Crippen LogP contribution < -0.4 is 4.90 Å². The largest absolute Gasteiger partial charge is 0.445 e. The maximum absolute atomic E-state index is 5.43. The van der Waals surface area contributed by atoms with E-state index in [1.54, 1.807) is 37.4 Å². The summed E-state index contributed by atoms with van der Waals surface area (Å²) in [5.74, 6) is 1.76. The first-order valence-corrected chi connectivity index (χ1v) is 10.6. The van der Waals surface area contributed by atoms with Gasteiger partial charge in [0.2, 0.25) is 17.7 Å². The lowest BCUT2D eigenvalue weighted by molar-refractivity contribution is 0.574. The molecule has 0 aliphatic rings. The molecule has 3 aromatic carbocycles. The van der Waals surface area contributed by atoms with E-state index in [1.165, 1.54) is 0 Å². The third-order valence-electron chi connectivity index (χ3n) is 5.41. The van der Waals surface area contributed by atoms with E-state index in [0.29, 0.717) is 17.7 Å². The number of anilines is 3. The van der Waals surface area contributed by atoms with Crippen molar-refractivity contribution in [1.82, 2.24) is 15.0 Å². The van der Waals surface area contributed by atoms with Gasteiger partial charge in [0, 0.05) is 33.8 Å². The van der Waals surface area contributed by atoms with Crippen molar-refractivity contribution in [2.45, 2.75) is 0 Å². The number of oxazole rings is 3. The summed E-state index contributed by atoms with van der Waals surface area (Å²) in [5.41, 5.74) is 5.70. The molecule has 0 fully saturated rings. The Morgan fingerprint density at radius 2 is 0.706 bits per heavy atom. The van der Waals surface area contributed by atoms with Crippen LogP contribution in [0.2, 0.25) is 0 Å². The van der Waals surface area contributed by atoms with Crippen LogP contribution in [0.1, 0.15) is 0 Å². The minimum absolute atomic E-state index is 0.587. The average molecular weight is 446 g/mol. The third kappa shape index (κ3) is 3.75. The van der Waals surface area contributed by atoms with E-state index in [4.69, 9.17) is 13.3 Å². The van der Waals surface area contributed by atoms with Crippen molar-refractivity contribution in [3.05, 3.63) is 110 Å². The summed E-state index contributed by atoms with van der Waals surface area (Å²) < 4.78 is 16.3. The highest BCUT2D eigenvalue weighted by Gasteiger charge is 2.15. The molecule has 6 aromatic rings. The smallest absolute Gasteiger partial charge is 0.225 e. The second kappa shape index (κ2) is 8.55. The predicted octanol–water partition coefficient (Wildman–Crippen LogP) is 7.12. The van der Waals surface area contributed by atoms with Crippen LogP contribution in [0.15, 0.2) is 123 Å². The van der Waals surface area contributed by atoms with Crippen molar-refractivity contribution in [3.8, 4) is 34.4 Å². The fourth-order valence-electron chi connectivity index (χ4n) is 3.80. The minimum atomic E-state index is 0.587. The van der Waals surface area contributed by atoms with E-state index in [1.807, 2.05) is 72.8 Å². The van der Waals surface area contributed by atoms with Crippen molar-refractivity contribution in [2.24, 2.45) is 0 Å². The van der Waals surface area contributed by atoms with Crippen LogP contribution in [-0.4, -0.2) is 15.0 Å². The fraction of sp³-hybridized carbons (Fsp3) is 0. The van der Waals surface area contributed by atoms with Gasteiger partial charge in [-0.05, 0) is 72.8 Å². The molecule has 7 nitrogen and oxygen atoms in total. The van der Waals surface area contributed by atoms with Gasteiger partial charge in [-0.3, -0.25) is 0 Å². The first kappa shape index (κ1) is 19.8. The van der Waals surface area contributed by atoms with E-state index < -0.39 is 0 Å². The maximum atomic E-state index is 5.43. The van der Waals surface area contributed by atoms with Gasteiger partial charge in [-0.1, -0.05) is 0 Å². The van der Waals surface area contributed by atoms with Crippen molar-refractivity contribution < 1.29 is 13.3 Å². The molecule has 34 heavy (non-hydrogen) atoms. The Morgan fingerprint density at radius 1 is 0.412 bits per heavy atom. The third-order valence-corrected chi connectivity index (χ3v) is 5.41. The Balaban J connectivity index is 1.39. The molecule has 164 valence electrons. The van der Waals surface area contributed by atoms with Crippen LogP contribution in [0.5, 0.6) is 0 Å². The van der Waals surface area contributed by atoms with Gasteiger partial charge in [0.05, 0.1) is 18.6 Å². The molecule has 0 N–H and O–H groups in total. The van der Waals surface area contributed by atoms with Crippen molar-refractivity contribution in [2.75, 3.05) is 4.90 Å². The van der Waals surface area contributed by atoms with Crippen molar-refractivity contribution in [1.29, 1.82) is 0 Å². The van der Waals surface area contributed by atoms with E-state index in [9.17, 15) is 0 Å². The number of nitrogens with zero attached hydrogens (tertiary/aromatic N) is 4. The average Bonchev–Trinajstić information content (AvgIpc) is 3.69. The lowest BCUT2D eigenvalue weighted by Crippen LogP contribution is -2.09. The highest BCUT2D eigenvalue weighted by Crippen LogP contribution is 2.37. The molecule has 0 unspecified atom stereocenters. The molecule has 0 saturated heterocycles. The lowest BCUT2D eigenvalue weighted by Gasteiger charge is -2.26. The highest BCUT2D eigenvalue weighted by atomic mass is 16.3. The van der Waals surface area contributed by atoms with Gasteiger partial charge in [-0.15, -0.1) is 0 Å². The van der Waals surface area contributed by atoms with E-state index >= 15 is 0 Å². The Morgan fingerprint density at radius 3 is 0.941 bits per heavy atom. The van der Waals surface area contributed by atoms with Crippen LogP contribution in [0.4, 0.5) is 17.1 Å². The molecular weight excluding hydrogens is 428 g/mol. The fourth-order valence-corrected chi connectivity index (χ4v) is 3.80. The molecule has 0 radical (unpaired) electrons. The number of hydrogen-bond acceptors (Lipinski definition) is 7. The zero-order chi connectivity index (χ0) is 22.7. The molecule has 0 aliphatic heterocycles. The summed E-state index contributed by atoms with van der Waals surface area (Å²) in [6, 6.07) is 24.2. The zero-order valence-electron chi connectivity index (χ0n) is 17.9. The molecule has 7 heteroatoms. The summed E-state index contributed by atoms with van der Waals surface area (Å²) in [5, 5.41) is 0. The van der Waals surface area contributed by atoms with Crippen LogP contribution in [-0.2, 0) is 0 Å². The predicted molar refractivity (Wildman–Crippen MR) is 128 cm³/mol. The zero-order valence-corrected chi connectivity index (χ0v) is 17.9. The van der Waals surface area contributed by atoms with Crippen LogP contribution >= 0.6 is 0 Å². The normalized spacial score (nSPS) is 10.9. The van der Waals surface area contributed by atoms with Crippen molar-refractivity contribution in [3.63, 3.8) is 0 Å². The molecule has 0 aliphatic carbocycles. The molecule has 3 heterocycles. The van der Waals surface area contributed by atoms with Gasteiger partial charge < -0.3 is 18.2 Å². The number of aromatic nitrogens is 3. The van der Waals surface area contributed by atoms with Gasteiger partial charge in [-0.25, -0.2) is 15.0 Å². The topological polar surface area (TPSA) is 81.3 Å². The van der Waals surface area contributed by atoms with Gasteiger partial charge in [0.25, 0.3) is 0 Å². The summed E-state index contributed by atoms with van der Waals surface area (Å²) in [6.07, 6.45) is 9.63. The summed E-state index contributed by atoms with van der Waals surface area (Å²) in [6.45, 7) is 0. The van der Waals surface area contributed by atoms with E-state index in [2.05, 4.69) is 19.9 Å². The Labute approximate surface area is 195 Å². The molecule has 0 bridgehead atoms. The molecule has 3 aromatic heterocycles. The quantitative estimate of drug-likeness (QED) is 0.269. The van der Waals surface area contributed by atoms with Gasteiger partial charge in [-0.2, -0.15) is 0 Å². The van der Waals surface area contributed by atoms with Gasteiger partial charge in [0.15, 0.2) is 0 Å². The summed E-state index contributed by atoms with van der Waals surface area (Å²) in [4.78, 5) is 14.9. The lowest BCUT2D eigenvalue weighted by atomic mass is 10.1. The molecule has 0 saturated carbocycles. The Bertz CT molecular complexity index is 1270. The van der Waals surface area contributed by atoms with E-state index in [-0.39, 0.29) is 0 Å².